The van der Waals surface area contributed by atoms with Crippen molar-refractivity contribution in [1.29, 1.82) is 0 Å². The molecule has 7 nitrogen and oxygen atoms in total. The molecule has 0 aromatic heterocycles. The third-order valence-corrected chi connectivity index (χ3v) is 6.31. The Morgan fingerprint density at radius 3 is 2.40 bits per heavy atom. The van der Waals surface area contributed by atoms with Crippen LogP contribution in [-0.4, -0.2) is 67.0 Å². The fourth-order valence-electron chi connectivity index (χ4n) is 3.65. The first-order valence-corrected chi connectivity index (χ1v) is 9.67. The summed E-state index contributed by atoms with van der Waals surface area (Å²) < 4.78 is 37.6. The Morgan fingerprint density at radius 1 is 1.24 bits per heavy atom. The summed E-state index contributed by atoms with van der Waals surface area (Å²) in [6, 6.07) is 5.57. The predicted molar refractivity (Wildman–Crippen MR) is 86.7 cm³/mol. The maximum Gasteiger partial charge on any atom is 0.313 e. The highest BCUT2D eigenvalue weighted by atomic mass is 32.2. The number of carboxylic acid groups (broad SMARTS) is 1. The summed E-state index contributed by atoms with van der Waals surface area (Å²) in [6.45, 7) is 0.176. The lowest BCUT2D eigenvalue weighted by Gasteiger charge is -2.24. The first-order chi connectivity index (χ1) is 11.6. The molecule has 9 heteroatoms. The van der Waals surface area contributed by atoms with Gasteiger partial charge >= 0.3 is 5.97 Å². The van der Waals surface area contributed by atoms with Crippen LogP contribution in [0.2, 0.25) is 0 Å². The van der Waals surface area contributed by atoms with Crippen LogP contribution in [0, 0.1) is 17.2 Å². The molecule has 2 fully saturated rings. The Morgan fingerprint density at radius 2 is 1.88 bits per heavy atom. The van der Waals surface area contributed by atoms with Crippen molar-refractivity contribution >= 4 is 21.9 Å². The van der Waals surface area contributed by atoms with Gasteiger partial charge in [0.2, 0.25) is 15.9 Å². The smallest absolute Gasteiger partial charge is 0.313 e. The first-order valence-electron chi connectivity index (χ1n) is 7.82. The molecule has 25 heavy (non-hydrogen) atoms. The van der Waals surface area contributed by atoms with Gasteiger partial charge in [0.15, 0.2) is 0 Å². The number of likely N-dealkylation sites (tertiary alicyclic amines) is 1. The number of fused-ring (bicyclic) bond motifs is 1. The molecule has 2 aliphatic rings. The molecule has 1 aromatic carbocycles. The van der Waals surface area contributed by atoms with E-state index in [2.05, 4.69) is 0 Å². The molecule has 2 aliphatic heterocycles. The van der Waals surface area contributed by atoms with E-state index in [1.165, 1.54) is 33.5 Å². The van der Waals surface area contributed by atoms with Crippen molar-refractivity contribution in [2.75, 3.05) is 32.4 Å². The molecule has 1 unspecified atom stereocenters. The molecule has 0 bridgehead atoms. The van der Waals surface area contributed by atoms with Crippen LogP contribution in [0.1, 0.15) is 5.56 Å². The van der Waals surface area contributed by atoms with E-state index in [9.17, 15) is 27.5 Å². The number of sulfonamides is 1. The van der Waals surface area contributed by atoms with E-state index in [4.69, 9.17) is 0 Å². The van der Waals surface area contributed by atoms with E-state index in [0.29, 0.717) is 5.56 Å². The standard InChI is InChI=1S/C16H19FN2O5S/c1-25(23,24)19-8-12-7-18(9-16(12,10-19)15(21)22)14(20)6-11-2-4-13(17)5-3-11/h2-5,12H,6-10H2,1H3,(H,21,22)/t12?,16-/m1/s1. The third-order valence-electron chi connectivity index (χ3n) is 5.09. The van der Waals surface area contributed by atoms with Gasteiger partial charge in [-0.15, -0.1) is 0 Å². The van der Waals surface area contributed by atoms with Crippen molar-refractivity contribution in [3.05, 3.63) is 35.6 Å². The van der Waals surface area contributed by atoms with Crippen LogP contribution in [-0.2, 0) is 26.0 Å². The number of rotatable bonds is 4. The Kier molecular flexibility index (Phi) is 4.32. The van der Waals surface area contributed by atoms with Crippen molar-refractivity contribution in [1.82, 2.24) is 9.21 Å². The van der Waals surface area contributed by atoms with Gasteiger partial charge in [-0.1, -0.05) is 12.1 Å². The number of amides is 1. The quantitative estimate of drug-likeness (QED) is 0.815. The number of halogens is 1. The van der Waals surface area contributed by atoms with Crippen molar-refractivity contribution in [3.8, 4) is 0 Å². The summed E-state index contributed by atoms with van der Waals surface area (Å²) in [7, 11) is -3.48. The number of hydrogen-bond acceptors (Lipinski definition) is 4. The van der Waals surface area contributed by atoms with Gasteiger partial charge in [0.05, 0.1) is 12.7 Å². The summed E-state index contributed by atoms with van der Waals surface area (Å²) in [6.07, 6.45) is 1.11. The van der Waals surface area contributed by atoms with Gasteiger partial charge in [-0.25, -0.2) is 17.1 Å². The highest BCUT2D eigenvalue weighted by Gasteiger charge is 2.59. The Balaban J connectivity index is 1.74. The van der Waals surface area contributed by atoms with Crippen molar-refractivity contribution < 1.29 is 27.5 Å². The van der Waals surface area contributed by atoms with Crippen molar-refractivity contribution in [3.63, 3.8) is 0 Å². The van der Waals surface area contributed by atoms with Crippen LogP contribution < -0.4 is 0 Å². The molecule has 0 spiro atoms. The van der Waals surface area contributed by atoms with Gasteiger partial charge in [-0.05, 0) is 17.7 Å². The molecule has 2 heterocycles. The monoisotopic (exact) mass is 370 g/mol. The number of benzene rings is 1. The van der Waals surface area contributed by atoms with Crippen LogP contribution in [0.25, 0.3) is 0 Å². The zero-order chi connectivity index (χ0) is 18.4. The van der Waals surface area contributed by atoms with Crippen molar-refractivity contribution in [2.45, 2.75) is 6.42 Å². The molecule has 136 valence electrons. The lowest BCUT2D eigenvalue weighted by Crippen LogP contribution is -2.43. The summed E-state index contributed by atoms with van der Waals surface area (Å²) in [5.41, 5.74) is -0.618. The second-order valence-corrected chi connectivity index (χ2v) is 8.77. The lowest BCUT2D eigenvalue weighted by molar-refractivity contribution is -0.148. The first kappa shape index (κ1) is 17.8. The highest BCUT2D eigenvalue weighted by molar-refractivity contribution is 7.88. The summed E-state index contributed by atoms with van der Waals surface area (Å²) >= 11 is 0. The SMILES string of the molecule is CS(=O)(=O)N1CC2CN(C(=O)Cc3ccc(F)cc3)C[C@@]2(C(=O)O)C1. The molecular formula is C16H19FN2O5S. The second kappa shape index (κ2) is 6.06. The van der Waals surface area contributed by atoms with E-state index in [1.54, 1.807) is 0 Å². The van der Waals surface area contributed by atoms with E-state index in [1.807, 2.05) is 0 Å². The number of carbonyl (C=O) groups excluding carboxylic acids is 1. The number of nitrogens with zero attached hydrogens (tertiary/aromatic N) is 2. The average molecular weight is 370 g/mol. The minimum Gasteiger partial charge on any atom is -0.481 e. The summed E-state index contributed by atoms with van der Waals surface area (Å²) in [4.78, 5) is 25.8. The van der Waals surface area contributed by atoms with Gasteiger partial charge in [0.1, 0.15) is 11.2 Å². The Labute approximate surface area is 145 Å². The molecule has 0 radical (unpaired) electrons. The second-order valence-electron chi connectivity index (χ2n) is 6.79. The molecule has 2 atom stereocenters. The van der Waals surface area contributed by atoms with Gasteiger partial charge in [0.25, 0.3) is 0 Å². The number of carbonyl (C=O) groups is 2. The summed E-state index contributed by atoms with van der Waals surface area (Å²) in [5, 5.41) is 9.68. The lowest BCUT2D eigenvalue weighted by atomic mass is 9.81. The molecule has 0 saturated carbocycles. The maximum atomic E-state index is 12.9. The molecule has 1 aromatic rings. The molecule has 2 saturated heterocycles. The van der Waals surface area contributed by atoms with E-state index >= 15 is 0 Å². The normalized spacial score (nSPS) is 26.6. The van der Waals surface area contributed by atoms with Crippen LogP contribution in [0.3, 0.4) is 0 Å². The maximum absolute atomic E-state index is 12.9. The topological polar surface area (TPSA) is 95.0 Å². The van der Waals surface area contributed by atoms with Crippen LogP contribution in [0.4, 0.5) is 4.39 Å². The van der Waals surface area contributed by atoms with Gasteiger partial charge in [-0.3, -0.25) is 9.59 Å². The van der Waals surface area contributed by atoms with E-state index in [-0.39, 0.29) is 38.5 Å². The predicted octanol–water partition coefficient (Wildman–Crippen LogP) is 0.173. The molecule has 0 aliphatic carbocycles. The largest absolute Gasteiger partial charge is 0.481 e. The molecule has 1 amide bonds. The minimum atomic E-state index is -3.48. The fourth-order valence-corrected chi connectivity index (χ4v) is 4.57. The van der Waals surface area contributed by atoms with Crippen LogP contribution >= 0.6 is 0 Å². The van der Waals surface area contributed by atoms with E-state index in [0.717, 1.165) is 6.26 Å². The summed E-state index contributed by atoms with van der Waals surface area (Å²) in [5.74, 6) is -2.15. The number of hydrogen-bond donors (Lipinski definition) is 1. The molecule has 3 rings (SSSR count). The third kappa shape index (κ3) is 3.25. The average Bonchev–Trinajstić information content (AvgIpc) is 3.04. The Bertz CT molecular complexity index is 810. The van der Waals surface area contributed by atoms with Crippen LogP contribution in [0.5, 0.6) is 0 Å². The number of carboxylic acids is 1. The van der Waals surface area contributed by atoms with Gasteiger partial charge < -0.3 is 10.0 Å². The Hall–Kier alpha value is -2.00. The molecule has 1 N–H and O–H groups in total. The zero-order valence-electron chi connectivity index (χ0n) is 13.7. The number of aliphatic carboxylic acids is 1. The molecular weight excluding hydrogens is 351 g/mol. The van der Waals surface area contributed by atoms with Crippen LogP contribution in [0.15, 0.2) is 24.3 Å². The zero-order valence-corrected chi connectivity index (χ0v) is 14.5. The van der Waals surface area contributed by atoms with E-state index < -0.39 is 33.1 Å². The highest BCUT2D eigenvalue weighted by Crippen LogP contribution is 2.43. The van der Waals surface area contributed by atoms with Gasteiger partial charge in [0, 0.05) is 32.1 Å². The van der Waals surface area contributed by atoms with Crippen molar-refractivity contribution in [2.24, 2.45) is 11.3 Å². The van der Waals surface area contributed by atoms with Gasteiger partial charge in [-0.2, -0.15) is 0 Å². The fraction of sp³-hybridized carbons (Fsp3) is 0.500. The minimum absolute atomic E-state index is 0.0148.